The van der Waals surface area contributed by atoms with Crippen molar-refractivity contribution < 1.29 is 5.11 Å². The molecule has 0 radical (unpaired) electrons. The van der Waals surface area contributed by atoms with Gasteiger partial charge in [0.2, 0.25) is 0 Å². The summed E-state index contributed by atoms with van der Waals surface area (Å²) in [6, 6.07) is 5.45. The van der Waals surface area contributed by atoms with Crippen LogP contribution < -0.4 is 10.4 Å². The zero-order valence-corrected chi connectivity index (χ0v) is 7.57. The summed E-state index contributed by atoms with van der Waals surface area (Å²) in [6.45, 7) is 0. The highest BCUT2D eigenvalue weighted by atomic mass is 16.3. The highest BCUT2D eigenvalue weighted by molar-refractivity contribution is 6.16. The van der Waals surface area contributed by atoms with Gasteiger partial charge in [-0.15, -0.1) is 0 Å². The van der Waals surface area contributed by atoms with Crippen LogP contribution in [0.25, 0.3) is 11.6 Å². The van der Waals surface area contributed by atoms with E-state index in [2.05, 4.69) is 11.1 Å². The van der Waals surface area contributed by atoms with Crippen LogP contribution in [0.5, 0.6) is 5.75 Å². The number of phenols is 1. The molecule has 0 amide bonds. The van der Waals surface area contributed by atoms with E-state index in [1.165, 1.54) is 5.57 Å². The Labute approximate surface area is 81.2 Å². The lowest BCUT2D eigenvalue weighted by Gasteiger charge is -2.12. The first-order valence-electron chi connectivity index (χ1n) is 4.60. The van der Waals surface area contributed by atoms with E-state index in [0.29, 0.717) is 5.75 Å². The van der Waals surface area contributed by atoms with E-state index in [1.807, 2.05) is 24.4 Å². The van der Waals surface area contributed by atoms with Gasteiger partial charge in [0, 0.05) is 18.3 Å². The van der Waals surface area contributed by atoms with Crippen LogP contribution in [0.3, 0.4) is 0 Å². The number of aliphatic imine (C=N–C) groups is 1. The number of aromatic hydroxyl groups is 1. The molecule has 2 heteroatoms. The normalized spacial score (nSPS) is 17.1. The second-order valence-corrected chi connectivity index (χ2v) is 3.55. The number of allylic oxidation sites excluding steroid dienone is 1. The van der Waals surface area contributed by atoms with Crippen molar-refractivity contribution in [1.29, 1.82) is 0 Å². The van der Waals surface area contributed by atoms with Gasteiger partial charge in [-0.3, -0.25) is 4.99 Å². The third-order valence-electron chi connectivity index (χ3n) is 2.59. The SMILES string of the molecule is Oc1ccc2c(c1)=C1C=CN=C(C=2)C1. The Hall–Kier alpha value is -1.83. The molecule has 0 saturated heterocycles. The van der Waals surface area contributed by atoms with E-state index in [4.69, 9.17) is 0 Å². The zero-order valence-electron chi connectivity index (χ0n) is 7.57. The Bertz CT molecular complexity index is 579. The van der Waals surface area contributed by atoms with Gasteiger partial charge in [0.25, 0.3) is 0 Å². The Morgan fingerprint density at radius 3 is 3.14 bits per heavy atom. The number of rotatable bonds is 0. The number of benzene rings is 1. The van der Waals surface area contributed by atoms with Crippen molar-refractivity contribution in [2.75, 3.05) is 0 Å². The molecule has 3 rings (SSSR count). The molecule has 0 fully saturated rings. The minimum Gasteiger partial charge on any atom is -0.508 e. The zero-order chi connectivity index (χ0) is 9.54. The molecule has 1 aliphatic carbocycles. The maximum absolute atomic E-state index is 9.40. The molecule has 0 atom stereocenters. The maximum Gasteiger partial charge on any atom is 0.116 e. The number of hydrogen-bond acceptors (Lipinski definition) is 2. The van der Waals surface area contributed by atoms with Crippen molar-refractivity contribution in [3.05, 3.63) is 40.9 Å². The predicted octanol–water partition coefficient (Wildman–Crippen LogP) is 0.695. The van der Waals surface area contributed by atoms with Gasteiger partial charge in [0.1, 0.15) is 5.75 Å². The Balaban J connectivity index is 2.50. The van der Waals surface area contributed by atoms with Gasteiger partial charge in [-0.25, -0.2) is 0 Å². The largest absolute Gasteiger partial charge is 0.508 e. The van der Waals surface area contributed by atoms with Crippen LogP contribution in [0.4, 0.5) is 0 Å². The van der Waals surface area contributed by atoms with Gasteiger partial charge in [-0.05, 0) is 40.3 Å². The van der Waals surface area contributed by atoms with E-state index >= 15 is 0 Å². The minimum atomic E-state index is 0.323. The Morgan fingerprint density at radius 2 is 2.21 bits per heavy atom. The summed E-state index contributed by atoms with van der Waals surface area (Å²) in [5, 5.41) is 11.7. The molecule has 2 nitrogen and oxygen atoms in total. The van der Waals surface area contributed by atoms with Crippen LogP contribution in [0.15, 0.2) is 35.5 Å². The summed E-state index contributed by atoms with van der Waals surface area (Å²) in [7, 11) is 0. The van der Waals surface area contributed by atoms with Crippen LogP contribution in [-0.2, 0) is 0 Å². The predicted molar refractivity (Wildman–Crippen MR) is 56.4 cm³/mol. The molecule has 2 bridgehead atoms. The van der Waals surface area contributed by atoms with Gasteiger partial charge in [0.15, 0.2) is 0 Å². The summed E-state index contributed by atoms with van der Waals surface area (Å²) >= 11 is 0. The quantitative estimate of drug-likeness (QED) is 0.630. The average Bonchev–Trinajstić information content (AvgIpc) is 2.20. The molecule has 1 aliphatic heterocycles. The minimum absolute atomic E-state index is 0.323. The molecular formula is C12H9NO. The molecule has 1 aromatic carbocycles. The standard InChI is InChI=1S/C12H9NO/c14-11-2-1-8-5-10-6-9(3-4-13-10)12(8)7-11/h1-5,7,14H,6H2. The lowest BCUT2D eigenvalue weighted by atomic mass is 9.96. The fourth-order valence-corrected chi connectivity index (χ4v) is 1.92. The molecule has 0 unspecified atom stereocenters. The molecule has 0 spiro atoms. The van der Waals surface area contributed by atoms with Crippen LogP contribution in [0, 0.1) is 0 Å². The number of phenolic OH excluding ortho intramolecular Hbond substituents is 1. The number of hydrogen-bond donors (Lipinski definition) is 1. The molecule has 1 N–H and O–H groups in total. The molecule has 0 aromatic heterocycles. The van der Waals surface area contributed by atoms with E-state index in [9.17, 15) is 5.11 Å². The van der Waals surface area contributed by atoms with Crippen molar-refractivity contribution in [2.45, 2.75) is 6.42 Å². The van der Waals surface area contributed by atoms with E-state index < -0.39 is 0 Å². The Kier molecular flexibility index (Phi) is 1.39. The lowest BCUT2D eigenvalue weighted by molar-refractivity contribution is 0.474. The second kappa shape index (κ2) is 2.58. The number of fused-ring (bicyclic) bond motifs is 3. The highest BCUT2D eigenvalue weighted by Crippen LogP contribution is 2.14. The average molecular weight is 183 g/mol. The molecule has 0 saturated carbocycles. The first kappa shape index (κ1) is 7.56. The fourth-order valence-electron chi connectivity index (χ4n) is 1.92. The van der Waals surface area contributed by atoms with E-state index in [1.54, 1.807) is 6.07 Å². The third-order valence-corrected chi connectivity index (χ3v) is 2.59. The van der Waals surface area contributed by atoms with E-state index in [0.717, 1.165) is 22.6 Å². The first-order chi connectivity index (χ1) is 6.83. The Morgan fingerprint density at radius 1 is 1.29 bits per heavy atom. The van der Waals surface area contributed by atoms with Gasteiger partial charge < -0.3 is 5.11 Å². The summed E-state index contributed by atoms with van der Waals surface area (Å²) in [6.07, 6.45) is 6.78. The smallest absolute Gasteiger partial charge is 0.116 e. The molecule has 68 valence electrons. The third kappa shape index (κ3) is 1.01. The van der Waals surface area contributed by atoms with Gasteiger partial charge in [-0.1, -0.05) is 6.07 Å². The van der Waals surface area contributed by atoms with Crippen LogP contribution in [0.1, 0.15) is 6.42 Å². The molecule has 1 heterocycles. The van der Waals surface area contributed by atoms with Crippen LogP contribution in [0.2, 0.25) is 0 Å². The molecule has 2 aliphatic rings. The molecular weight excluding hydrogens is 174 g/mol. The molecule has 1 aromatic rings. The van der Waals surface area contributed by atoms with Crippen LogP contribution in [-0.4, -0.2) is 10.8 Å². The van der Waals surface area contributed by atoms with Gasteiger partial charge in [0.05, 0.1) is 0 Å². The first-order valence-corrected chi connectivity index (χ1v) is 4.60. The van der Waals surface area contributed by atoms with Crippen molar-refractivity contribution in [3.8, 4) is 5.75 Å². The molecule has 14 heavy (non-hydrogen) atoms. The summed E-state index contributed by atoms with van der Waals surface area (Å²) in [5.41, 5.74) is 2.34. The van der Waals surface area contributed by atoms with Gasteiger partial charge in [-0.2, -0.15) is 0 Å². The van der Waals surface area contributed by atoms with Crippen molar-refractivity contribution in [3.63, 3.8) is 0 Å². The second-order valence-electron chi connectivity index (χ2n) is 3.55. The highest BCUT2D eigenvalue weighted by Gasteiger charge is 2.09. The fraction of sp³-hybridized carbons (Fsp3) is 0.0833. The summed E-state index contributed by atoms with van der Waals surface area (Å²) in [5.74, 6) is 0.323. The lowest BCUT2D eigenvalue weighted by Crippen LogP contribution is -2.32. The van der Waals surface area contributed by atoms with Crippen LogP contribution >= 0.6 is 0 Å². The summed E-state index contributed by atoms with van der Waals surface area (Å²) in [4.78, 5) is 4.27. The van der Waals surface area contributed by atoms with Crippen molar-refractivity contribution in [2.24, 2.45) is 4.99 Å². The van der Waals surface area contributed by atoms with Gasteiger partial charge >= 0.3 is 0 Å². The van der Waals surface area contributed by atoms with E-state index in [-0.39, 0.29) is 0 Å². The van der Waals surface area contributed by atoms with Crippen molar-refractivity contribution >= 4 is 17.4 Å². The summed E-state index contributed by atoms with van der Waals surface area (Å²) < 4.78 is 0. The monoisotopic (exact) mass is 183 g/mol. The topological polar surface area (TPSA) is 32.6 Å². The maximum atomic E-state index is 9.40. The number of nitrogens with zero attached hydrogens (tertiary/aromatic N) is 1. The van der Waals surface area contributed by atoms with Crippen molar-refractivity contribution in [1.82, 2.24) is 0 Å².